The largest absolute Gasteiger partial charge is 0.491 e. The monoisotopic (exact) mass is 342 g/mol. The van der Waals surface area contributed by atoms with Gasteiger partial charge in [0.25, 0.3) is 0 Å². The second-order valence-electron chi connectivity index (χ2n) is 5.91. The van der Waals surface area contributed by atoms with E-state index in [0.29, 0.717) is 19.6 Å². The third-order valence-corrected chi connectivity index (χ3v) is 4.17. The van der Waals surface area contributed by atoms with Crippen molar-refractivity contribution >= 4 is 5.97 Å². The molecule has 5 nitrogen and oxygen atoms in total. The molecule has 3 rings (SSSR count). The second kappa shape index (κ2) is 8.53. The molecule has 0 amide bonds. The molecule has 0 radical (unpaired) electrons. The average Bonchev–Trinajstić information content (AvgIpc) is 3.09. The Morgan fingerprint density at radius 3 is 2.08 bits per heavy atom. The predicted molar refractivity (Wildman–Crippen MR) is 92.7 cm³/mol. The van der Waals surface area contributed by atoms with Crippen LogP contribution in [-0.4, -0.2) is 38.5 Å². The van der Waals surface area contributed by atoms with Gasteiger partial charge in [-0.3, -0.25) is 4.79 Å². The first-order chi connectivity index (χ1) is 12.3. The number of para-hydroxylation sites is 2. The molecule has 3 atom stereocenters. The number of ether oxygens (including phenoxy) is 4. The van der Waals surface area contributed by atoms with Gasteiger partial charge in [0.05, 0.1) is 19.1 Å². The summed E-state index contributed by atoms with van der Waals surface area (Å²) < 4.78 is 22.4. The molecule has 0 unspecified atom stereocenters. The Hall–Kier alpha value is -2.53. The van der Waals surface area contributed by atoms with Crippen molar-refractivity contribution in [3.05, 3.63) is 60.7 Å². The van der Waals surface area contributed by atoms with Crippen LogP contribution in [0.4, 0.5) is 0 Å². The van der Waals surface area contributed by atoms with Crippen molar-refractivity contribution in [1.29, 1.82) is 0 Å². The van der Waals surface area contributed by atoms with Crippen molar-refractivity contribution in [3.63, 3.8) is 0 Å². The molecule has 0 bridgehead atoms. The molecule has 1 heterocycles. The van der Waals surface area contributed by atoms with Gasteiger partial charge in [0.1, 0.15) is 30.8 Å². The zero-order valence-electron chi connectivity index (χ0n) is 14.2. The third kappa shape index (κ3) is 4.73. The fourth-order valence-electron chi connectivity index (χ4n) is 2.90. The standard InChI is InChI=1S/C20H22O5/c1-22-20(21)18-12-17(13-23-15-8-4-2-5-9-15)25-19(18)14-24-16-10-6-3-7-11-16/h2-11,17-19H,12-14H2,1H3/t17-,18-,19-/m0/s1. The zero-order valence-corrected chi connectivity index (χ0v) is 14.2. The number of benzene rings is 2. The summed E-state index contributed by atoms with van der Waals surface area (Å²) >= 11 is 0. The molecular formula is C20H22O5. The highest BCUT2D eigenvalue weighted by molar-refractivity contribution is 5.73. The molecule has 2 aromatic carbocycles. The first kappa shape index (κ1) is 17.3. The number of carbonyl (C=O) groups excluding carboxylic acids is 1. The van der Waals surface area contributed by atoms with E-state index in [1.807, 2.05) is 60.7 Å². The number of rotatable bonds is 7. The minimum Gasteiger partial charge on any atom is -0.491 e. The van der Waals surface area contributed by atoms with Gasteiger partial charge >= 0.3 is 5.97 Å². The Morgan fingerprint density at radius 1 is 0.960 bits per heavy atom. The smallest absolute Gasteiger partial charge is 0.311 e. The number of carbonyl (C=O) groups is 1. The lowest BCUT2D eigenvalue weighted by Crippen LogP contribution is -2.30. The second-order valence-corrected chi connectivity index (χ2v) is 5.91. The minimum atomic E-state index is -0.350. The van der Waals surface area contributed by atoms with E-state index in [1.54, 1.807) is 0 Å². The van der Waals surface area contributed by atoms with E-state index in [2.05, 4.69) is 0 Å². The first-order valence-corrected chi connectivity index (χ1v) is 8.35. The third-order valence-electron chi connectivity index (χ3n) is 4.17. The van der Waals surface area contributed by atoms with Gasteiger partial charge < -0.3 is 18.9 Å². The van der Waals surface area contributed by atoms with Crippen molar-refractivity contribution in [3.8, 4) is 11.5 Å². The van der Waals surface area contributed by atoms with Gasteiger partial charge in [-0.25, -0.2) is 0 Å². The quantitative estimate of drug-likeness (QED) is 0.724. The Bertz CT molecular complexity index is 658. The van der Waals surface area contributed by atoms with Crippen LogP contribution in [0.25, 0.3) is 0 Å². The van der Waals surface area contributed by atoms with Gasteiger partial charge in [0.2, 0.25) is 0 Å². The zero-order chi connectivity index (χ0) is 17.5. The molecular weight excluding hydrogens is 320 g/mol. The van der Waals surface area contributed by atoms with Crippen molar-refractivity contribution in [2.75, 3.05) is 20.3 Å². The molecule has 25 heavy (non-hydrogen) atoms. The van der Waals surface area contributed by atoms with Crippen molar-refractivity contribution in [2.45, 2.75) is 18.6 Å². The van der Waals surface area contributed by atoms with Crippen LogP contribution in [0.2, 0.25) is 0 Å². The molecule has 5 heteroatoms. The summed E-state index contributed by atoms with van der Waals surface area (Å²) in [7, 11) is 1.39. The number of hydrogen-bond acceptors (Lipinski definition) is 5. The molecule has 1 aliphatic heterocycles. The molecule has 0 N–H and O–H groups in total. The maximum absolute atomic E-state index is 12.1. The predicted octanol–water partition coefficient (Wildman–Crippen LogP) is 3.09. The van der Waals surface area contributed by atoms with Gasteiger partial charge in [-0.05, 0) is 30.7 Å². The van der Waals surface area contributed by atoms with Gasteiger partial charge in [-0.15, -0.1) is 0 Å². The Labute approximate surface area is 147 Å². The highest BCUT2D eigenvalue weighted by atomic mass is 16.6. The minimum absolute atomic E-state index is 0.173. The van der Waals surface area contributed by atoms with Crippen LogP contribution >= 0.6 is 0 Å². The molecule has 0 aliphatic carbocycles. The first-order valence-electron chi connectivity index (χ1n) is 8.35. The highest BCUT2D eigenvalue weighted by Crippen LogP contribution is 2.29. The van der Waals surface area contributed by atoms with E-state index < -0.39 is 0 Å². The molecule has 1 fully saturated rings. The Kier molecular flexibility index (Phi) is 5.90. The lowest BCUT2D eigenvalue weighted by atomic mass is 10.00. The topological polar surface area (TPSA) is 54.0 Å². The van der Waals surface area contributed by atoms with E-state index in [-0.39, 0.29) is 24.1 Å². The van der Waals surface area contributed by atoms with Crippen LogP contribution in [0.15, 0.2) is 60.7 Å². The number of esters is 1. The molecule has 1 aliphatic rings. The normalized spacial score (nSPS) is 22.4. The fraction of sp³-hybridized carbons (Fsp3) is 0.350. The molecule has 2 aromatic rings. The van der Waals surface area contributed by atoms with Crippen LogP contribution in [0.1, 0.15) is 6.42 Å². The van der Waals surface area contributed by atoms with Gasteiger partial charge in [-0.2, -0.15) is 0 Å². The van der Waals surface area contributed by atoms with E-state index in [4.69, 9.17) is 18.9 Å². The number of methoxy groups -OCH3 is 1. The van der Waals surface area contributed by atoms with Crippen LogP contribution in [0.3, 0.4) is 0 Å². The number of hydrogen-bond donors (Lipinski definition) is 0. The Morgan fingerprint density at radius 2 is 1.52 bits per heavy atom. The molecule has 0 saturated carbocycles. The SMILES string of the molecule is COC(=O)[C@H]1C[C@@H](COc2ccccc2)O[C@H]1COc1ccccc1. The Balaban J connectivity index is 1.57. The summed E-state index contributed by atoms with van der Waals surface area (Å²) in [5, 5.41) is 0. The van der Waals surface area contributed by atoms with Gasteiger partial charge in [0, 0.05) is 0 Å². The summed E-state index contributed by atoms with van der Waals surface area (Å²) in [6.07, 6.45) is 0.0354. The fourth-order valence-corrected chi connectivity index (χ4v) is 2.90. The van der Waals surface area contributed by atoms with Gasteiger partial charge in [-0.1, -0.05) is 36.4 Å². The summed E-state index contributed by atoms with van der Waals surface area (Å²) in [4.78, 5) is 12.1. The molecule has 132 valence electrons. The van der Waals surface area contributed by atoms with Crippen LogP contribution in [-0.2, 0) is 14.3 Å². The average molecular weight is 342 g/mol. The summed E-state index contributed by atoms with van der Waals surface area (Å²) in [5.41, 5.74) is 0. The molecule has 0 spiro atoms. The van der Waals surface area contributed by atoms with E-state index in [0.717, 1.165) is 11.5 Å². The van der Waals surface area contributed by atoms with E-state index in [9.17, 15) is 4.79 Å². The lowest BCUT2D eigenvalue weighted by molar-refractivity contribution is -0.148. The maximum Gasteiger partial charge on any atom is 0.311 e. The van der Waals surface area contributed by atoms with Gasteiger partial charge in [0.15, 0.2) is 0 Å². The van der Waals surface area contributed by atoms with Crippen LogP contribution < -0.4 is 9.47 Å². The molecule has 1 saturated heterocycles. The summed E-state index contributed by atoms with van der Waals surface area (Å²) in [5.74, 6) is 0.908. The van der Waals surface area contributed by atoms with E-state index >= 15 is 0 Å². The van der Waals surface area contributed by atoms with Crippen molar-refractivity contribution in [1.82, 2.24) is 0 Å². The maximum atomic E-state index is 12.1. The highest BCUT2D eigenvalue weighted by Gasteiger charge is 2.41. The van der Waals surface area contributed by atoms with Crippen LogP contribution in [0.5, 0.6) is 11.5 Å². The van der Waals surface area contributed by atoms with E-state index in [1.165, 1.54) is 7.11 Å². The summed E-state index contributed by atoms with van der Waals surface area (Å²) in [6, 6.07) is 19.0. The van der Waals surface area contributed by atoms with Crippen LogP contribution in [0, 0.1) is 5.92 Å². The van der Waals surface area contributed by atoms with Crippen molar-refractivity contribution in [2.24, 2.45) is 5.92 Å². The lowest BCUT2D eigenvalue weighted by Gasteiger charge is -2.17. The summed E-state index contributed by atoms with van der Waals surface area (Å²) in [6.45, 7) is 0.685. The molecule has 0 aromatic heterocycles. The van der Waals surface area contributed by atoms with Crippen molar-refractivity contribution < 1.29 is 23.7 Å².